The van der Waals surface area contributed by atoms with Crippen LogP contribution in [0.3, 0.4) is 0 Å². The van der Waals surface area contributed by atoms with Crippen LogP contribution in [0.1, 0.15) is 27.5 Å². The molecule has 6 rings (SSSR count). The normalized spacial score (nSPS) is 24.8. The molecule has 4 atom stereocenters. The average molecular weight is 535 g/mol. The second kappa shape index (κ2) is 7.89. The summed E-state index contributed by atoms with van der Waals surface area (Å²) in [4.78, 5) is 42.6. The van der Waals surface area contributed by atoms with Crippen molar-refractivity contribution in [3.8, 4) is 0 Å². The van der Waals surface area contributed by atoms with Crippen molar-refractivity contribution in [1.82, 2.24) is 5.01 Å². The largest absolute Gasteiger partial charge is 0.292 e. The highest BCUT2D eigenvalue weighted by atomic mass is 79.9. The first-order chi connectivity index (χ1) is 16.5. The van der Waals surface area contributed by atoms with Crippen molar-refractivity contribution in [3.05, 3.63) is 99.0 Å². The Morgan fingerprint density at radius 3 is 2.41 bits per heavy atom. The molecule has 2 fully saturated rings. The molecule has 0 N–H and O–H groups in total. The Labute approximate surface area is 208 Å². The van der Waals surface area contributed by atoms with Crippen LogP contribution in [0.15, 0.2) is 82.4 Å². The van der Waals surface area contributed by atoms with E-state index in [0.717, 1.165) is 15.6 Å². The van der Waals surface area contributed by atoms with Gasteiger partial charge < -0.3 is 0 Å². The maximum absolute atomic E-state index is 13.8. The lowest BCUT2D eigenvalue weighted by molar-refractivity contribution is -0.124. The molecule has 3 aromatic carbocycles. The Morgan fingerprint density at radius 2 is 1.65 bits per heavy atom. The summed E-state index contributed by atoms with van der Waals surface area (Å²) in [5.41, 5.74) is 2.67. The van der Waals surface area contributed by atoms with Crippen molar-refractivity contribution >= 4 is 57.0 Å². The Hall–Kier alpha value is -3.29. The number of rotatable bonds is 3. The van der Waals surface area contributed by atoms with Crippen molar-refractivity contribution < 1.29 is 14.4 Å². The number of carbonyl (C=O) groups excluding carboxylic acids is 3. The Balaban J connectivity index is 1.50. The zero-order chi connectivity index (χ0) is 23.6. The van der Waals surface area contributed by atoms with Gasteiger partial charge >= 0.3 is 0 Å². The standard InChI is InChI=1S/C26H17BrClN3O3/c27-16-5-3-6-18(12-16)30-25(33)20-21(26(30)34)23(24(32)14-8-10-17(28)11-9-14)31-22(20)19-7-2-1-4-15(19)13-29-31/h1-13,20-23H/t20-,21+,22?,23-/m1/s1. The van der Waals surface area contributed by atoms with E-state index in [0.29, 0.717) is 16.3 Å². The molecule has 0 aliphatic carbocycles. The summed E-state index contributed by atoms with van der Waals surface area (Å²) < 4.78 is 0.755. The number of hydrogen-bond acceptors (Lipinski definition) is 5. The first-order valence-electron chi connectivity index (χ1n) is 10.8. The van der Waals surface area contributed by atoms with Crippen LogP contribution in [0.2, 0.25) is 5.02 Å². The fourth-order valence-electron chi connectivity index (χ4n) is 5.32. The molecule has 6 nitrogen and oxygen atoms in total. The van der Waals surface area contributed by atoms with E-state index in [-0.39, 0.29) is 17.6 Å². The molecule has 0 radical (unpaired) electrons. The Morgan fingerprint density at radius 1 is 0.912 bits per heavy atom. The smallest absolute Gasteiger partial charge is 0.240 e. The van der Waals surface area contributed by atoms with Gasteiger partial charge in [-0.15, -0.1) is 0 Å². The minimum Gasteiger partial charge on any atom is -0.292 e. The van der Waals surface area contributed by atoms with Crippen LogP contribution in [0.4, 0.5) is 5.69 Å². The van der Waals surface area contributed by atoms with Crippen LogP contribution in [0.5, 0.6) is 0 Å². The van der Waals surface area contributed by atoms with Crippen molar-refractivity contribution in [3.63, 3.8) is 0 Å². The number of anilines is 1. The maximum Gasteiger partial charge on any atom is 0.240 e. The zero-order valence-electron chi connectivity index (χ0n) is 17.6. The second-order valence-electron chi connectivity index (χ2n) is 8.56. The van der Waals surface area contributed by atoms with E-state index in [2.05, 4.69) is 21.0 Å². The van der Waals surface area contributed by atoms with Gasteiger partial charge in [0, 0.05) is 15.1 Å². The van der Waals surface area contributed by atoms with E-state index in [4.69, 9.17) is 11.6 Å². The van der Waals surface area contributed by atoms with E-state index in [1.165, 1.54) is 4.90 Å². The minimum atomic E-state index is -0.908. The number of hydrazone groups is 1. The predicted octanol–water partition coefficient (Wildman–Crippen LogP) is 4.86. The molecule has 0 saturated carbocycles. The van der Waals surface area contributed by atoms with Crippen LogP contribution in [0, 0.1) is 11.8 Å². The summed E-state index contributed by atoms with van der Waals surface area (Å²) in [6, 6.07) is 19.9. The second-order valence-corrected chi connectivity index (χ2v) is 9.91. The molecule has 3 heterocycles. The van der Waals surface area contributed by atoms with Crippen molar-refractivity contribution in [1.29, 1.82) is 0 Å². The van der Waals surface area contributed by atoms with Gasteiger partial charge in [-0.2, -0.15) is 5.10 Å². The zero-order valence-corrected chi connectivity index (χ0v) is 20.0. The number of ketones is 1. The highest BCUT2D eigenvalue weighted by Gasteiger charge is 2.65. The molecule has 3 aliphatic rings. The molecule has 3 aliphatic heterocycles. The molecule has 3 aromatic rings. The highest BCUT2D eigenvalue weighted by Crippen LogP contribution is 2.53. The summed E-state index contributed by atoms with van der Waals surface area (Å²) in [7, 11) is 0. The number of carbonyl (C=O) groups is 3. The van der Waals surface area contributed by atoms with Crippen molar-refractivity contribution in [2.75, 3.05) is 4.90 Å². The fourth-order valence-corrected chi connectivity index (χ4v) is 5.84. The molecule has 1 unspecified atom stereocenters. The highest BCUT2D eigenvalue weighted by molar-refractivity contribution is 9.10. The number of Topliss-reactive ketones (excluding diaryl/α,β-unsaturated/α-hetero) is 1. The van der Waals surface area contributed by atoms with Crippen LogP contribution in [0.25, 0.3) is 0 Å². The molecule has 2 saturated heterocycles. The number of amides is 2. The van der Waals surface area contributed by atoms with E-state index in [1.807, 2.05) is 30.3 Å². The molecule has 8 heteroatoms. The first kappa shape index (κ1) is 21.3. The topological polar surface area (TPSA) is 70.0 Å². The summed E-state index contributed by atoms with van der Waals surface area (Å²) in [5.74, 6) is -2.55. The van der Waals surface area contributed by atoms with Crippen molar-refractivity contribution in [2.45, 2.75) is 12.1 Å². The number of benzene rings is 3. The number of hydrogen-bond donors (Lipinski definition) is 0. The van der Waals surface area contributed by atoms with E-state index in [9.17, 15) is 14.4 Å². The number of imide groups is 1. The molecule has 0 aromatic heterocycles. The van der Waals surface area contributed by atoms with Crippen molar-refractivity contribution in [2.24, 2.45) is 16.9 Å². The van der Waals surface area contributed by atoms with Crippen LogP contribution >= 0.6 is 27.5 Å². The molecule has 0 spiro atoms. The van der Waals surface area contributed by atoms with Crippen LogP contribution < -0.4 is 4.90 Å². The quantitative estimate of drug-likeness (QED) is 0.355. The van der Waals surface area contributed by atoms with E-state index < -0.39 is 23.9 Å². The first-order valence-corrected chi connectivity index (χ1v) is 12.0. The predicted molar refractivity (Wildman–Crippen MR) is 132 cm³/mol. The van der Waals surface area contributed by atoms with Gasteiger partial charge in [0.2, 0.25) is 11.8 Å². The van der Waals surface area contributed by atoms with Crippen LogP contribution in [-0.2, 0) is 9.59 Å². The molecular weight excluding hydrogens is 518 g/mol. The average Bonchev–Trinajstić information content (AvgIpc) is 3.31. The third-order valence-corrected chi connectivity index (χ3v) is 7.50. The van der Waals surface area contributed by atoms with Gasteiger partial charge in [0.1, 0.15) is 6.04 Å². The summed E-state index contributed by atoms with van der Waals surface area (Å²) >= 11 is 9.44. The van der Waals surface area contributed by atoms with E-state index >= 15 is 0 Å². The van der Waals surface area contributed by atoms with Gasteiger partial charge in [0.25, 0.3) is 0 Å². The minimum absolute atomic E-state index is 0.261. The summed E-state index contributed by atoms with van der Waals surface area (Å²) in [6.45, 7) is 0. The van der Waals surface area contributed by atoms with E-state index in [1.54, 1.807) is 53.7 Å². The molecular formula is C26H17BrClN3O3. The third-order valence-electron chi connectivity index (χ3n) is 6.76. The molecule has 34 heavy (non-hydrogen) atoms. The lowest BCUT2D eigenvalue weighted by Gasteiger charge is -2.33. The maximum atomic E-state index is 13.8. The SMILES string of the molecule is O=C(c1ccc(Cl)cc1)[C@H]1[C@H]2C(=O)N(c3cccc(Br)c3)C(=O)[C@H]2C2c3ccccc3C=NN21. The van der Waals surface area contributed by atoms with Gasteiger partial charge in [0.05, 0.1) is 29.8 Å². The molecule has 168 valence electrons. The summed E-state index contributed by atoms with van der Waals surface area (Å²) in [6.07, 6.45) is 1.69. The van der Waals surface area contributed by atoms with Gasteiger partial charge in [0.15, 0.2) is 5.78 Å². The Bertz CT molecular complexity index is 1390. The van der Waals surface area contributed by atoms with Gasteiger partial charge in [-0.3, -0.25) is 19.4 Å². The summed E-state index contributed by atoms with van der Waals surface area (Å²) in [5, 5.41) is 6.74. The van der Waals surface area contributed by atoms with Gasteiger partial charge in [-0.25, -0.2) is 4.90 Å². The fraction of sp³-hybridized carbons (Fsp3) is 0.154. The number of nitrogens with zero attached hydrogens (tertiary/aromatic N) is 3. The lowest BCUT2D eigenvalue weighted by Crippen LogP contribution is -2.44. The lowest BCUT2D eigenvalue weighted by atomic mass is 9.83. The molecule has 0 bridgehead atoms. The van der Waals surface area contributed by atoms with Gasteiger partial charge in [-0.05, 0) is 53.6 Å². The van der Waals surface area contributed by atoms with Gasteiger partial charge in [-0.1, -0.05) is 57.9 Å². The number of halogens is 2. The van der Waals surface area contributed by atoms with Crippen LogP contribution in [-0.4, -0.2) is 34.9 Å². The third kappa shape index (κ3) is 3.07. The Kier molecular flexibility index (Phi) is 4.93. The number of fused-ring (bicyclic) bond motifs is 5. The molecule has 2 amide bonds. The monoisotopic (exact) mass is 533 g/mol.